The number of carboxylic acids is 1. The monoisotopic (exact) mass is 373 g/mol. The highest BCUT2D eigenvalue weighted by molar-refractivity contribution is 5.86. The molecule has 1 heterocycles. The van der Waals surface area contributed by atoms with Crippen LogP contribution in [0.25, 0.3) is 5.57 Å². The van der Waals surface area contributed by atoms with Crippen LogP contribution in [-0.4, -0.2) is 30.0 Å². The average Bonchev–Trinajstić information content (AvgIpc) is 3.38. The van der Waals surface area contributed by atoms with Crippen molar-refractivity contribution in [3.63, 3.8) is 0 Å². The molecule has 0 bridgehead atoms. The van der Waals surface area contributed by atoms with Gasteiger partial charge in [-0.05, 0) is 36.8 Å². The number of hydrazine groups is 1. The number of benzene rings is 1. The van der Waals surface area contributed by atoms with Crippen LogP contribution in [0.1, 0.15) is 43.2 Å². The second kappa shape index (κ2) is 10.7. The first kappa shape index (κ1) is 20.9. The van der Waals surface area contributed by atoms with E-state index in [1.54, 1.807) is 0 Å². The molecule has 1 saturated carbocycles. The Balaban J connectivity index is 0.000000198. The molecule has 1 aromatic carbocycles. The number of nitrogens with one attached hydrogen (secondary N) is 2. The summed E-state index contributed by atoms with van der Waals surface area (Å²) in [5.41, 5.74) is 6.42. The quantitative estimate of drug-likeness (QED) is 0.233. The molecule has 1 unspecified atom stereocenters. The molecule has 7 nitrogen and oxygen atoms in total. The molecule has 1 aliphatic heterocycles. The number of hydrogen-bond acceptors (Lipinski definition) is 5. The second-order valence-corrected chi connectivity index (χ2v) is 7.14. The molecule has 0 saturated heterocycles. The van der Waals surface area contributed by atoms with Gasteiger partial charge < -0.3 is 21.7 Å². The Morgan fingerprint density at radius 1 is 1.33 bits per heavy atom. The first-order valence-electron chi connectivity index (χ1n) is 9.48. The average molecular weight is 374 g/mol. The molecule has 0 amide bonds. The van der Waals surface area contributed by atoms with Gasteiger partial charge in [-0.25, -0.2) is 5.84 Å². The Labute approximate surface area is 160 Å². The van der Waals surface area contributed by atoms with E-state index in [4.69, 9.17) is 16.8 Å². The van der Waals surface area contributed by atoms with E-state index >= 15 is 0 Å². The zero-order valence-electron chi connectivity index (χ0n) is 15.9. The number of rotatable bonds is 5. The van der Waals surface area contributed by atoms with Gasteiger partial charge in [0.2, 0.25) is 0 Å². The minimum absolute atomic E-state index is 0.229. The van der Waals surface area contributed by atoms with E-state index < -0.39 is 11.9 Å². The van der Waals surface area contributed by atoms with Gasteiger partial charge in [0.25, 0.3) is 0 Å². The number of carbonyl (C=O) groups is 1. The van der Waals surface area contributed by atoms with Gasteiger partial charge in [-0.1, -0.05) is 48.7 Å². The van der Waals surface area contributed by atoms with Gasteiger partial charge in [-0.15, -0.1) is 0 Å². The number of hydrazone groups is 1. The molecule has 3 rings (SSSR count). The predicted molar refractivity (Wildman–Crippen MR) is 109 cm³/mol. The van der Waals surface area contributed by atoms with Gasteiger partial charge in [0.15, 0.2) is 0 Å². The molecule has 2 aliphatic rings. The summed E-state index contributed by atoms with van der Waals surface area (Å²) in [6.45, 7) is 4.15. The standard InChI is InChI=1S/C11H13N.C9H18N4O2/c1-9-2-4-10(5-3-9)11-6-7-12-8-11;10-12-8(13-11)5-7(9(14)15)6-3-1-2-4-6/h2-6,12H,7-8H2,1H3;6-7H,1-5,10-11H2,(H,12,13)(H,14,15). The van der Waals surface area contributed by atoms with Crippen molar-refractivity contribution in [1.29, 1.82) is 0 Å². The highest BCUT2D eigenvalue weighted by Gasteiger charge is 2.31. The van der Waals surface area contributed by atoms with E-state index in [1.807, 2.05) is 0 Å². The van der Waals surface area contributed by atoms with Crippen LogP contribution in [0.2, 0.25) is 0 Å². The maximum atomic E-state index is 11.1. The maximum absolute atomic E-state index is 11.1. The molecule has 0 aromatic heterocycles. The van der Waals surface area contributed by atoms with Gasteiger partial charge in [0.1, 0.15) is 5.84 Å². The molecule has 1 fully saturated rings. The molecular formula is C20H31N5O2. The van der Waals surface area contributed by atoms with Crippen LogP contribution in [0.15, 0.2) is 35.4 Å². The summed E-state index contributed by atoms with van der Waals surface area (Å²) in [7, 11) is 0. The molecular weight excluding hydrogens is 342 g/mol. The predicted octanol–water partition coefficient (Wildman–Crippen LogP) is 1.98. The van der Waals surface area contributed by atoms with E-state index in [0.717, 1.165) is 38.8 Å². The fourth-order valence-electron chi connectivity index (χ4n) is 3.63. The highest BCUT2D eigenvalue weighted by Crippen LogP contribution is 2.33. The minimum Gasteiger partial charge on any atom is -0.481 e. The SMILES string of the molecule is Cc1ccc(C2=CCNC2)cc1.N/N=C(/CC(C(=O)O)C1CCCC1)NN. The van der Waals surface area contributed by atoms with Crippen LogP contribution in [0.5, 0.6) is 0 Å². The first-order valence-corrected chi connectivity index (χ1v) is 9.48. The minimum atomic E-state index is -0.793. The summed E-state index contributed by atoms with van der Waals surface area (Å²) in [4.78, 5) is 11.1. The number of nitrogens with zero attached hydrogens (tertiary/aromatic N) is 1. The molecule has 0 spiro atoms. The van der Waals surface area contributed by atoms with Crippen molar-refractivity contribution in [3.8, 4) is 0 Å². The Hall–Kier alpha value is -2.38. The zero-order valence-corrected chi connectivity index (χ0v) is 15.9. The highest BCUT2D eigenvalue weighted by atomic mass is 16.4. The third kappa shape index (κ3) is 6.37. The third-order valence-corrected chi connectivity index (χ3v) is 5.25. The summed E-state index contributed by atoms with van der Waals surface area (Å²) in [5.74, 6) is 9.61. The van der Waals surface area contributed by atoms with Gasteiger partial charge in [-0.2, -0.15) is 5.10 Å². The van der Waals surface area contributed by atoms with Crippen molar-refractivity contribution >= 4 is 17.4 Å². The van der Waals surface area contributed by atoms with E-state index in [9.17, 15) is 4.79 Å². The lowest BCUT2D eigenvalue weighted by atomic mass is 9.88. The summed E-state index contributed by atoms with van der Waals surface area (Å²) in [5, 5.41) is 15.8. The fraction of sp³-hybridized carbons (Fsp3) is 0.500. The molecule has 7 N–H and O–H groups in total. The van der Waals surface area contributed by atoms with Crippen LogP contribution in [0, 0.1) is 18.8 Å². The van der Waals surface area contributed by atoms with Gasteiger partial charge in [-0.3, -0.25) is 4.79 Å². The van der Waals surface area contributed by atoms with Crippen LogP contribution >= 0.6 is 0 Å². The summed E-state index contributed by atoms with van der Waals surface area (Å²) < 4.78 is 0. The lowest BCUT2D eigenvalue weighted by Crippen LogP contribution is -2.36. The Bertz CT molecular complexity index is 663. The molecule has 0 radical (unpaired) electrons. The Morgan fingerprint density at radius 3 is 2.48 bits per heavy atom. The number of carboxylic acid groups (broad SMARTS) is 1. The van der Waals surface area contributed by atoms with Gasteiger partial charge >= 0.3 is 5.97 Å². The number of nitrogens with two attached hydrogens (primary N) is 2. The summed E-state index contributed by atoms with van der Waals surface area (Å²) in [6.07, 6.45) is 6.70. The largest absolute Gasteiger partial charge is 0.481 e. The first-order chi connectivity index (χ1) is 13.0. The van der Waals surface area contributed by atoms with Crippen LogP contribution in [0.4, 0.5) is 0 Å². The molecule has 1 aliphatic carbocycles. The van der Waals surface area contributed by atoms with Crippen molar-refractivity contribution in [2.45, 2.75) is 39.0 Å². The normalized spacial score (nSPS) is 18.4. The Kier molecular flexibility index (Phi) is 8.29. The van der Waals surface area contributed by atoms with Gasteiger partial charge in [0, 0.05) is 19.5 Å². The van der Waals surface area contributed by atoms with E-state index in [1.165, 1.54) is 16.7 Å². The topological polar surface area (TPSA) is 126 Å². The van der Waals surface area contributed by atoms with Crippen molar-refractivity contribution in [3.05, 3.63) is 41.5 Å². The smallest absolute Gasteiger partial charge is 0.307 e. The van der Waals surface area contributed by atoms with Crippen molar-refractivity contribution in [1.82, 2.24) is 10.7 Å². The van der Waals surface area contributed by atoms with Crippen LogP contribution in [-0.2, 0) is 4.79 Å². The molecule has 7 heteroatoms. The second-order valence-electron chi connectivity index (χ2n) is 7.14. The van der Waals surface area contributed by atoms with Crippen LogP contribution < -0.4 is 22.4 Å². The maximum Gasteiger partial charge on any atom is 0.307 e. The number of hydrogen-bond donors (Lipinski definition) is 5. The van der Waals surface area contributed by atoms with E-state index in [0.29, 0.717) is 5.84 Å². The molecule has 1 atom stereocenters. The molecule has 27 heavy (non-hydrogen) atoms. The Morgan fingerprint density at radius 2 is 2.00 bits per heavy atom. The lowest BCUT2D eigenvalue weighted by Gasteiger charge is -2.19. The molecule has 1 aromatic rings. The summed E-state index contributed by atoms with van der Waals surface area (Å²) in [6, 6.07) is 8.70. The van der Waals surface area contributed by atoms with Crippen LogP contribution in [0.3, 0.4) is 0 Å². The molecule has 148 valence electrons. The fourth-order valence-corrected chi connectivity index (χ4v) is 3.63. The summed E-state index contributed by atoms with van der Waals surface area (Å²) >= 11 is 0. The van der Waals surface area contributed by atoms with E-state index in [2.05, 4.69) is 53.1 Å². The number of amidine groups is 1. The number of aryl methyl sites for hydroxylation is 1. The van der Waals surface area contributed by atoms with Crippen molar-refractivity contribution in [2.75, 3.05) is 13.1 Å². The third-order valence-electron chi connectivity index (χ3n) is 5.25. The van der Waals surface area contributed by atoms with Crippen molar-refractivity contribution in [2.24, 2.45) is 28.6 Å². The zero-order chi connectivity index (χ0) is 19.6. The number of aliphatic carboxylic acids is 1. The van der Waals surface area contributed by atoms with E-state index in [-0.39, 0.29) is 12.3 Å². The van der Waals surface area contributed by atoms with Crippen molar-refractivity contribution < 1.29 is 9.90 Å². The van der Waals surface area contributed by atoms with Gasteiger partial charge in [0.05, 0.1) is 5.92 Å². The lowest BCUT2D eigenvalue weighted by molar-refractivity contribution is -0.143.